The lowest BCUT2D eigenvalue weighted by Gasteiger charge is -2.09. The van der Waals surface area contributed by atoms with E-state index in [2.05, 4.69) is 15.0 Å². The van der Waals surface area contributed by atoms with Crippen LogP contribution >= 0.6 is 11.8 Å². The first kappa shape index (κ1) is 16.2. The molecule has 0 spiro atoms. The summed E-state index contributed by atoms with van der Waals surface area (Å²) >= 11 is 1.54. The highest BCUT2D eigenvalue weighted by molar-refractivity contribution is 7.98. The average molecular weight is 294 g/mol. The highest BCUT2D eigenvalue weighted by Gasteiger charge is 2.15. The second-order valence-corrected chi connectivity index (χ2v) is 4.76. The lowest BCUT2D eigenvalue weighted by Crippen LogP contribution is -2.29. The molecule has 1 heterocycles. The number of aryl methyl sites for hydroxylation is 1. The van der Waals surface area contributed by atoms with Crippen molar-refractivity contribution in [2.24, 2.45) is 0 Å². The Morgan fingerprint density at radius 1 is 1.45 bits per heavy atom. The summed E-state index contributed by atoms with van der Waals surface area (Å²) in [4.78, 5) is 28.8. The van der Waals surface area contributed by atoms with Gasteiger partial charge in [0.2, 0.25) is 0 Å². The van der Waals surface area contributed by atoms with Gasteiger partial charge in [-0.1, -0.05) is 13.0 Å². The minimum atomic E-state index is -0.586. The number of pyridine rings is 1. The van der Waals surface area contributed by atoms with Gasteiger partial charge in [0.25, 0.3) is 5.91 Å². The number of esters is 1. The van der Waals surface area contributed by atoms with Gasteiger partial charge < -0.3 is 10.1 Å². The quantitative estimate of drug-likeness (QED) is 0.512. The smallest absolute Gasteiger partial charge is 0.354 e. The molecule has 0 aliphatic carbocycles. The van der Waals surface area contributed by atoms with Crippen LogP contribution in [0.25, 0.3) is 0 Å². The molecule has 1 aromatic rings. The summed E-state index contributed by atoms with van der Waals surface area (Å²) in [5, 5.41) is 2.51. The van der Waals surface area contributed by atoms with E-state index in [4.69, 9.17) is 0 Å². The molecule has 1 N–H and O–H groups in total. The van der Waals surface area contributed by atoms with Crippen LogP contribution in [0, 0.1) is 0 Å². The maximum Gasteiger partial charge on any atom is 0.354 e. The predicted molar refractivity (Wildman–Crippen MR) is 78.6 cm³/mol. The van der Waals surface area contributed by atoms with Crippen molar-refractivity contribution in [1.82, 2.24) is 10.3 Å². The van der Waals surface area contributed by atoms with E-state index in [1.165, 1.54) is 24.9 Å². The average Bonchev–Trinajstić information content (AvgIpc) is 2.50. The van der Waals surface area contributed by atoms with Crippen LogP contribution in [-0.4, -0.2) is 30.2 Å². The molecule has 5 nitrogen and oxygen atoms in total. The van der Waals surface area contributed by atoms with Crippen molar-refractivity contribution in [3.05, 3.63) is 35.3 Å². The SMILES string of the molecule is C/C=C(/NC(=O)c1cc(SC)cc(CC)n1)C(=O)OC. The van der Waals surface area contributed by atoms with Gasteiger partial charge in [-0.15, -0.1) is 11.8 Å². The number of allylic oxidation sites excluding steroid dienone is 1. The zero-order chi connectivity index (χ0) is 15.1. The molecule has 108 valence electrons. The molecule has 0 aliphatic rings. The van der Waals surface area contributed by atoms with E-state index in [0.29, 0.717) is 0 Å². The monoisotopic (exact) mass is 294 g/mol. The van der Waals surface area contributed by atoms with Crippen molar-refractivity contribution in [1.29, 1.82) is 0 Å². The van der Waals surface area contributed by atoms with Gasteiger partial charge >= 0.3 is 5.97 Å². The Morgan fingerprint density at radius 3 is 2.65 bits per heavy atom. The van der Waals surface area contributed by atoms with Crippen LogP contribution < -0.4 is 5.32 Å². The summed E-state index contributed by atoms with van der Waals surface area (Å²) in [6, 6.07) is 3.64. The number of carbonyl (C=O) groups is 2. The third kappa shape index (κ3) is 4.09. The van der Waals surface area contributed by atoms with Gasteiger partial charge in [-0.3, -0.25) is 4.79 Å². The van der Waals surface area contributed by atoms with Crippen LogP contribution in [0.3, 0.4) is 0 Å². The third-order valence-electron chi connectivity index (χ3n) is 2.62. The van der Waals surface area contributed by atoms with Gasteiger partial charge in [0.05, 0.1) is 7.11 Å². The summed E-state index contributed by atoms with van der Waals surface area (Å²) in [7, 11) is 1.26. The maximum absolute atomic E-state index is 12.1. The van der Waals surface area contributed by atoms with Crippen molar-refractivity contribution < 1.29 is 14.3 Å². The Labute approximate surface area is 122 Å². The number of hydrogen-bond acceptors (Lipinski definition) is 5. The Bertz CT molecular complexity index is 519. The maximum atomic E-state index is 12.1. The molecule has 0 radical (unpaired) electrons. The molecule has 1 aromatic heterocycles. The molecule has 1 rings (SSSR count). The normalized spacial score (nSPS) is 11.1. The van der Waals surface area contributed by atoms with Gasteiger partial charge in [-0.25, -0.2) is 9.78 Å². The largest absolute Gasteiger partial charge is 0.464 e. The number of ether oxygens (including phenoxy) is 1. The number of carbonyl (C=O) groups excluding carboxylic acids is 2. The number of thioether (sulfide) groups is 1. The van der Waals surface area contributed by atoms with Crippen molar-refractivity contribution in [3.8, 4) is 0 Å². The highest BCUT2D eigenvalue weighted by atomic mass is 32.2. The molecular weight excluding hydrogens is 276 g/mol. The summed E-state index contributed by atoms with van der Waals surface area (Å²) in [5.41, 5.74) is 1.23. The van der Waals surface area contributed by atoms with Crippen LogP contribution in [-0.2, 0) is 16.0 Å². The second-order valence-electron chi connectivity index (χ2n) is 3.89. The first-order valence-corrected chi connectivity index (χ1v) is 7.39. The summed E-state index contributed by atoms with van der Waals surface area (Å²) in [6.45, 7) is 3.62. The summed E-state index contributed by atoms with van der Waals surface area (Å²) in [5.74, 6) is -1.01. The Morgan fingerprint density at radius 2 is 2.15 bits per heavy atom. The van der Waals surface area contributed by atoms with Crippen LogP contribution in [0.5, 0.6) is 0 Å². The zero-order valence-electron chi connectivity index (χ0n) is 12.0. The van der Waals surface area contributed by atoms with E-state index in [1.54, 1.807) is 13.0 Å². The number of hydrogen-bond donors (Lipinski definition) is 1. The third-order valence-corrected chi connectivity index (χ3v) is 3.33. The number of methoxy groups -OCH3 is 1. The fourth-order valence-electron chi connectivity index (χ4n) is 1.51. The second kappa shape index (κ2) is 7.69. The molecule has 0 bridgehead atoms. The van der Waals surface area contributed by atoms with Crippen LogP contribution in [0.4, 0.5) is 0 Å². The van der Waals surface area contributed by atoms with E-state index in [0.717, 1.165) is 17.0 Å². The van der Waals surface area contributed by atoms with Crippen molar-refractivity contribution >= 4 is 23.6 Å². The van der Waals surface area contributed by atoms with E-state index in [9.17, 15) is 9.59 Å². The first-order valence-electron chi connectivity index (χ1n) is 6.16. The van der Waals surface area contributed by atoms with Gasteiger partial charge in [0.15, 0.2) is 0 Å². The molecule has 0 atom stereocenters. The van der Waals surface area contributed by atoms with Crippen molar-refractivity contribution in [2.75, 3.05) is 13.4 Å². The molecule has 0 aliphatic heterocycles. The number of rotatable bonds is 5. The Balaban J connectivity index is 3.00. The first-order chi connectivity index (χ1) is 9.55. The number of amides is 1. The fourth-order valence-corrected chi connectivity index (χ4v) is 2.00. The molecule has 0 fully saturated rings. The highest BCUT2D eigenvalue weighted by Crippen LogP contribution is 2.17. The van der Waals surface area contributed by atoms with Gasteiger partial charge in [-0.05, 0) is 31.7 Å². The minimum absolute atomic E-state index is 0.104. The van der Waals surface area contributed by atoms with Crippen molar-refractivity contribution in [3.63, 3.8) is 0 Å². The topological polar surface area (TPSA) is 68.3 Å². The van der Waals surface area contributed by atoms with Crippen LogP contribution in [0.1, 0.15) is 30.0 Å². The molecule has 0 saturated heterocycles. The molecule has 0 saturated carbocycles. The van der Waals surface area contributed by atoms with E-state index in [1.807, 2.05) is 19.2 Å². The van der Waals surface area contributed by atoms with Gasteiger partial charge in [-0.2, -0.15) is 0 Å². The standard InChI is InChI=1S/C14H18N2O3S/c1-5-9-7-10(20-4)8-12(15-9)13(17)16-11(6-2)14(18)19-3/h6-8H,5H2,1-4H3,(H,16,17)/b11-6+. The van der Waals surface area contributed by atoms with Gasteiger partial charge in [0.1, 0.15) is 11.4 Å². The lowest BCUT2D eigenvalue weighted by molar-refractivity contribution is -0.136. The van der Waals surface area contributed by atoms with E-state index >= 15 is 0 Å². The summed E-state index contributed by atoms with van der Waals surface area (Å²) < 4.78 is 4.58. The van der Waals surface area contributed by atoms with Crippen LogP contribution in [0.15, 0.2) is 28.8 Å². The molecule has 20 heavy (non-hydrogen) atoms. The zero-order valence-corrected chi connectivity index (χ0v) is 12.8. The molecule has 0 unspecified atom stereocenters. The molecule has 1 amide bonds. The fraction of sp³-hybridized carbons (Fsp3) is 0.357. The number of nitrogens with one attached hydrogen (secondary N) is 1. The van der Waals surface area contributed by atoms with Crippen molar-refractivity contribution in [2.45, 2.75) is 25.2 Å². The number of nitrogens with zero attached hydrogens (tertiary/aromatic N) is 1. The predicted octanol–water partition coefficient (Wildman–Crippen LogP) is 2.17. The van der Waals surface area contributed by atoms with Gasteiger partial charge in [0, 0.05) is 10.6 Å². The molecule has 0 aromatic carbocycles. The number of aromatic nitrogens is 1. The lowest BCUT2D eigenvalue weighted by atomic mass is 10.2. The minimum Gasteiger partial charge on any atom is -0.464 e. The van der Waals surface area contributed by atoms with E-state index < -0.39 is 11.9 Å². The van der Waals surface area contributed by atoms with Crippen LogP contribution in [0.2, 0.25) is 0 Å². The van der Waals surface area contributed by atoms with E-state index in [-0.39, 0.29) is 11.4 Å². The Kier molecular flexibility index (Phi) is 6.24. The summed E-state index contributed by atoms with van der Waals surface area (Å²) in [6.07, 6.45) is 4.16. The Hall–Kier alpha value is -1.82. The molecular formula is C14H18N2O3S. The molecule has 6 heteroatoms.